The number of halogens is 3. The molecule has 3 rings (SSSR count). The highest BCUT2D eigenvalue weighted by atomic mass is 19.4. The highest BCUT2D eigenvalue weighted by Crippen LogP contribution is 2.42. The Morgan fingerprint density at radius 3 is 2.46 bits per heavy atom. The lowest BCUT2D eigenvalue weighted by Gasteiger charge is -2.28. The van der Waals surface area contributed by atoms with Crippen molar-refractivity contribution in [3.05, 3.63) is 41.5 Å². The molecule has 0 amide bonds. The van der Waals surface area contributed by atoms with Crippen molar-refractivity contribution in [2.24, 2.45) is 5.92 Å². The SMILES string of the molecule is CC1CCC(Oc2ccc3cc(CC(=O)O)ccc3c2C(F)(F)F)CC1. The summed E-state index contributed by atoms with van der Waals surface area (Å²) in [4.78, 5) is 10.8. The first-order valence-electron chi connectivity index (χ1n) is 8.75. The number of carboxylic acid groups (broad SMARTS) is 1. The largest absolute Gasteiger partial charge is 0.490 e. The molecule has 0 atom stereocenters. The first-order valence-corrected chi connectivity index (χ1v) is 8.75. The Labute approximate surface area is 149 Å². The molecule has 0 aliphatic heterocycles. The van der Waals surface area contributed by atoms with Gasteiger partial charge in [0, 0.05) is 0 Å². The molecule has 140 valence electrons. The molecule has 0 aromatic heterocycles. The first kappa shape index (κ1) is 18.5. The van der Waals surface area contributed by atoms with E-state index in [-0.39, 0.29) is 23.7 Å². The normalized spacial score (nSPS) is 20.9. The number of ether oxygens (including phenoxy) is 1. The first-order chi connectivity index (χ1) is 12.2. The Morgan fingerprint density at radius 2 is 1.85 bits per heavy atom. The maximum atomic E-state index is 13.7. The second-order valence-corrected chi connectivity index (χ2v) is 7.06. The van der Waals surface area contributed by atoms with E-state index in [2.05, 4.69) is 6.92 Å². The standard InChI is InChI=1S/C20H21F3O3/c1-12-2-6-15(7-3-12)26-17-9-5-14-10-13(11-18(24)25)4-8-16(14)19(17)20(21,22)23/h4-5,8-10,12,15H,2-3,6-7,11H2,1H3,(H,24,25). The van der Waals surface area contributed by atoms with Crippen LogP contribution in [-0.4, -0.2) is 17.2 Å². The van der Waals surface area contributed by atoms with Crippen LogP contribution < -0.4 is 4.74 Å². The number of aliphatic carboxylic acids is 1. The lowest BCUT2D eigenvalue weighted by molar-refractivity contribution is -0.138. The monoisotopic (exact) mass is 366 g/mol. The third kappa shape index (κ3) is 4.11. The number of rotatable bonds is 4. The Morgan fingerprint density at radius 1 is 1.15 bits per heavy atom. The molecule has 1 saturated carbocycles. The van der Waals surface area contributed by atoms with Crippen LogP contribution in [0.3, 0.4) is 0 Å². The maximum Gasteiger partial charge on any atom is 0.420 e. The summed E-state index contributed by atoms with van der Waals surface area (Å²) in [6.45, 7) is 2.14. The van der Waals surface area contributed by atoms with Gasteiger partial charge >= 0.3 is 12.1 Å². The summed E-state index contributed by atoms with van der Waals surface area (Å²) < 4.78 is 46.9. The second kappa shape index (κ2) is 7.17. The van der Waals surface area contributed by atoms with Crippen LogP contribution in [0, 0.1) is 5.92 Å². The molecule has 1 fully saturated rings. The molecule has 0 radical (unpaired) electrons. The fourth-order valence-corrected chi connectivity index (χ4v) is 3.56. The minimum Gasteiger partial charge on any atom is -0.490 e. The molecule has 3 nitrogen and oxygen atoms in total. The van der Waals surface area contributed by atoms with Crippen molar-refractivity contribution in [2.75, 3.05) is 0 Å². The molecule has 26 heavy (non-hydrogen) atoms. The van der Waals surface area contributed by atoms with Gasteiger partial charge in [-0.2, -0.15) is 13.2 Å². The summed E-state index contributed by atoms with van der Waals surface area (Å²) in [6.07, 6.45) is -1.55. The summed E-state index contributed by atoms with van der Waals surface area (Å²) in [7, 11) is 0. The van der Waals surface area contributed by atoms with Crippen LogP contribution in [0.4, 0.5) is 13.2 Å². The van der Waals surface area contributed by atoms with Gasteiger partial charge in [0.05, 0.1) is 12.5 Å². The minimum atomic E-state index is -4.55. The van der Waals surface area contributed by atoms with Crippen molar-refractivity contribution in [3.8, 4) is 5.75 Å². The van der Waals surface area contributed by atoms with Gasteiger partial charge in [0.15, 0.2) is 0 Å². The molecule has 0 heterocycles. The van der Waals surface area contributed by atoms with Crippen molar-refractivity contribution in [3.63, 3.8) is 0 Å². The maximum absolute atomic E-state index is 13.7. The quantitative estimate of drug-likeness (QED) is 0.783. The van der Waals surface area contributed by atoms with Crippen LogP contribution in [-0.2, 0) is 17.4 Å². The number of carboxylic acids is 1. The van der Waals surface area contributed by atoms with Crippen molar-refractivity contribution < 1.29 is 27.8 Å². The van der Waals surface area contributed by atoms with Crippen LogP contribution in [0.2, 0.25) is 0 Å². The van der Waals surface area contributed by atoms with E-state index < -0.39 is 17.7 Å². The average Bonchev–Trinajstić information content (AvgIpc) is 2.55. The number of fused-ring (bicyclic) bond motifs is 1. The van der Waals surface area contributed by atoms with Gasteiger partial charge in [0.2, 0.25) is 0 Å². The lowest BCUT2D eigenvalue weighted by Crippen LogP contribution is -2.24. The average molecular weight is 366 g/mol. The Hall–Kier alpha value is -2.24. The van der Waals surface area contributed by atoms with Gasteiger partial charge < -0.3 is 9.84 Å². The zero-order valence-electron chi connectivity index (χ0n) is 14.5. The van der Waals surface area contributed by atoms with E-state index in [9.17, 15) is 18.0 Å². The van der Waals surface area contributed by atoms with Crippen LogP contribution in [0.25, 0.3) is 10.8 Å². The number of hydrogen-bond donors (Lipinski definition) is 1. The summed E-state index contributed by atoms with van der Waals surface area (Å²) >= 11 is 0. The number of benzene rings is 2. The lowest BCUT2D eigenvalue weighted by atomic mass is 9.89. The van der Waals surface area contributed by atoms with Gasteiger partial charge in [-0.3, -0.25) is 4.79 Å². The summed E-state index contributed by atoms with van der Waals surface area (Å²) in [5.74, 6) is -0.580. The molecule has 1 aliphatic carbocycles. The minimum absolute atomic E-state index is 0.0355. The second-order valence-electron chi connectivity index (χ2n) is 7.06. The smallest absolute Gasteiger partial charge is 0.420 e. The predicted octanol–water partition coefficient (Wildman–Crippen LogP) is 5.44. The van der Waals surface area contributed by atoms with Gasteiger partial charge in [-0.25, -0.2) is 0 Å². The van der Waals surface area contributed by atoms with Gasteiger partial charge in [0.25, 0.3) is 0 Å². The van der Waals surface area contributed by atoms with Gasteiger partial charge in [-0.1, -0.05) is 31.2 Å². The highest BCUT2D eigenvalue weighted by Gasteiger charge is 2.37. The van der Waals surface area contributed by atoms with Crippen molar-refractivity contribution in [1.29, 1.82) is 0 Å². The van der Waals surface area contributed by atoms with Crippen LogP contribution in [0.5, 0.6) is 5.75 Å². The highest BCUT2D eigenvalue weighted by molar-refractivity contribution is 5.89. The van der Waals surface area contributed by atoms with Crippen LogP contribution >= 0.6 is 0 Å². The molecule has 0 saturated heterocycles. The number of carbonyl (C=O) groups is 1. The van der Waals surface area contributed by atoms with E-state index in [4.69, 9.17) is 9.84 Å². The molecule has 0 spiro atoms. The van der Waals surface area contributed by atoms with E-state index in [1.54, 1.807) is 6.07 Å². The number of alkyl halides is 3. The third-order valence-electron chi connectivity index (χ3n) is 4.94. The summed E-state index contributed by atoms with van der Waals surface area (Å²) in [5.41, 5.74) is -0.316. The molecular weight excluding hydrogens is 345 g/mol. The van der Waals surface area contributed by atoms with E-state index in [1.165, 1.54) is 24.3 Å². The number of hydrogen-bond acceptors (Lipinski definition) is 2. The fraction of sp³-hybridized carbons (Fsp3) is 0.450. The zero-order valence-corrected chi connectivity index (χ0v) is 14.5. The molecule has 2 aromatic rings. The molecule has 1 N–H and O–H groups in total. The van der Waals surface area contributed by atoms with E-state index >= 15 is 0 Å². The van der Waals surface area contributed by atoms with Crippen molar-refractivity contribution >= 4 is 16.7 Å². The van der Waals surface area contributed by atoms with Crippen LogP contribution in [0.1, 0.15) is 43.7 Å². The van der Waals surface area contributed by atoms with E-state index in [1.807, 2.05) is 0 Å². The molecule has 2 aromatic carbocycles. The molecule has 0 unspecified atom stereocenters. The summed E-state index contributed by atoms with van der Waals surface area (Å²) in [6, 6.07) is 7.18. The van der Waals surface area contributed by atoms with Crippen molar-refractivity contribution in [2.45, 2.75) is 51.3 Å². The Kier molecular flexibility index (Phi) is 5.12. The van der Waals surface area contributed by atoms with Gasteiger partial charge in [-0.05, 0) is 54.0 Å². The van der Waals surface area contributed by atoms with Gasteiger partial charge in [0.1, 0.15) is 11.3 Å². The topological polar surface area (TPSA) is 46.5 Å². The molecule has 6 heteroatoms. The van der Waals surface area contributed by atoms with Crippen molar-refractivity contribution in [1.82, 2.24) is 0 Å². The fourth-order valence-electron chi connectivity index (χ4n) is 3.56. The van der Waals surface area contributed by atoms with E-state index in [0.717, 1.165) is 25.7 Å². The van der Waals surface area contributed by atoms with Gasteiger partial charge in [-0.15, -0.1) is 0 Å². The van der Waals surface area contributed by atoms with Crippen LogP contribution in [0.15, 0.2) is 30.3 Å². The predicted molar refractivity (Wildman–Crippen MR) is 92.3 cm³/mol. The Bertz CT molecular complexity index is 806. The third-order valence-corrected chi connectivity index (χ3v) is 4.94. The zero-order chi connectivity index (χ0) is 18.9. The molecule has 1 aliphatic rings. The van der Waals surface area contributed by atoms with E-state index in [0.29, 0.717) is 16.9 Å². The Balaban J connectivity index is 1.99. The molecule has 0 bridgehead atoms. The molecular formula is C20H21F3O3. The summed E-state index contributed by atoms with van der Waals surface area (Å²) in [5, 5.41) is 9.27.